The fraction of sp³-hybridized carbons (Fsp3) is 0.500. The smallest absolute Gasteiger partial charge is 0.310 e. The number of amides is 1. The summed E-state index contributed by atoms with van der Waals surface area (Å²) in [6.07, 6.45) is 1.75. The van der Waals surface area contributed by atoms with Crippen LogP contribution in [0, 0.1) is 5.92 Å². The summed E-state index contributed by atoms with van der Waals surface area (Å²) < 4.78 is 5.99. The molecule has 0 bridgehead atoms. The molecular weight excluding hydrogens is 348 g/mol. The van der Waals surface area contributed by atoms with E-state index in [-0.39, 0.29) is 17.8 Å². The topological polar surface area (TPSA) is 58.6 Å². The third-order valence-corrected chi connectivity index (χ3v) is 4.09. The number of ether oxygens (including phenoxy) is 1. The number of carbonyl (C=O) groups excluding carboxylic acids is 2. The molecule has 0 spiro atoms. The molecule has 1 fully saturated rings. The van der Waals surface area contributed by atoms with Crippen molar-refractivity contribution in [3.63, 3.8) is 0 Å². The Morgan fingerprint density at radius 3 is 3.00 bits per heavy atom. The molecule has 1 heterocycles. The fourth-order valence-electron chi connectivity index (χ4n) is 2.62. The van der Waals surface area contributed by atoms with Gasteiger partial charge in [0.15, 0.2) is 0 Å². The van der Waals surface area contributed by atoms with Crippen molar-refractivity contribution in [2.45, 2.75) is 19.8 Å². The van der Waals surface area contributed by atoms with E-state index in [1.165, 1.54) is 0 Å². The second-order valence-corrected chi connectivity index (χ2v) is 6.30. The van der Waals surface area contributed by atoms with E-state index in [1.54, 1.807) is 0 Å². The third kappa shape index (κ3) is 5.10. The minimum atomic E-state index is -0.153. The molecule has 1 N–H and O–H groups in total. The van der Waals surface area contributed by atoms with E-state index in [4.69, 9.17) is 4.74 Å². The summed E-state index contributed by atoms with van der Waals surface area (Å²) in [6.45, 7) is 3.93. The fourth-order valence-corrected chi connectivity index (χ4v) is 3.02. The molecule has 1 saturated heterocycles. The first-order chi connectivity index (χ1) is 10.6. The van der Waals surface area contributed by atoms with Gasteiger partial charge in [0, 0.05) is 16.7 Å². The number of halogens is 1. The van der Waals surface area contributed by atoms with Crippen LogP contribution < -0.4 is 5.32 Å². The Bertz CT molecular complexity index is 536. The van der Waals surface area contributed by atoms with Crippen LogP contribution in [-0.2, 0) is 14.3 Å². The Hall–Kier alpha value is -1.40. The number of nitrogens with one attached hydrogen (secondary N) is 1. The molecule has 0 aliphatic carbocycles. The number of likely N-dealkylation sites (tertiary alicyclic amines) is 1. The SMILES string of the molecule is CCOC(=O)[C@H]1CCCN(CC(=O)Nc2cccc(Br)c2)C1. The predicted molar refractivity (Wildman–Crippen MR) is 88.6 cm³/mol. The second-order valence-electron chi connectivity index (χ2n) is 5.38. The van der Waals surface area contributed by atoms with Gasteiger partial charge in [-0.2, -0.15) is 0 Å². The van der Waals surface area contributed by atoms with Crippen LogP contribution in [0.1, 0.15) is 19.8 Å². The summed E-state index contributed by atoms with van der Waals surface area (Å²) in [6, 6.07) is 7.48. The van der Waals surface area contributed by atoms with E-state index in [2.05, 4.69) is 21.2 Å². The van der Waals surface area contributed by atoms with E-state index >= 15 is 0 Å². The van der Waals surface area contributed by atoms with Crippen LogP contribution in [0.2, 0.25) is 0 Å². The molecule has 2 rings (SSSR count). The van der Waals surface area contributed by atoms with Crippen LogP contribution in [0.5, 0.6) is 0 Å². The lowest BCUT2D eigenvalue weighted by molar-refractivity contribution is -0.150. The van der Waals surface area contributed by atoms with E-state index in [1.807, 2.05) is 36.1 Å². The maximum absolute atomic E-state index is 12.1. The Balaban J connectivity index is 1.84. The Morgan fingerprint density at radius 1 is 1.45 bits per heavy atom. The second kappa shape index (κ2) is 8.29. The van der Waals surface area contributed by atoms with Gasteiger partial charge in [0.25, 0.3) is 0 Å². The molecule has 0 saturated carbocycles. The first-order valence-corrected chi connectivity index (χ1v) is 8.32. The lowest BCUT2D eigenvalue weighted by Crippen LogP contribution is -2.43. The van der Waals surface area contributed by atoms with E-state index in [0.29, 0.717) is 19.7 Å². The molecule has 1 aliphatic rings. The third-order valence-electron chi connectivity index (χ3n) is 3.60. The average Bonchev–Trinajstić information content (AvgIpc) is 2.47. The van der Waals surface area contributed by atoms with Gasteiger partial charge in [-0.05, 0) is 44.5 Å². The van der Waals surface area contributed by atoms with Gasteiger partial charge < -0.3 is 10.1 Å². The van der Waals surface area contributed by atoms with Crippen LogP contribution in [0.15, 0.2) is 28.7 Å². The molecule has 120 valence electrons. The highest BCUT2D eigenvalue weighted by Crippen LogP contribution is 2.19. The highest BCUT2D eigenvalue weighted by molar-refractivity contribution is 9.10. The zero-order valence-corrected chi connectivity index (χ0v) is 14.3. The first-order valence-electron chi connectivity index (χ1n) is 7.53. The van der Waals surface area contributed by atoms with Crippen LogP contribution >= 0.6 is 15.9 Å². The Morgan fingerprint density at radius 2 is 2.27 bits per heavy atom. The standard InChI is InChI=1S/C16H21BrN2O3/c1-2-22-16(21)12-5-4-8-19(10-12)11-15(20)18-14-7-3-6-13(17)9-14/h3,6-7,9,12H,2,4-5,8,10-11H2,1H3,(H,18,20)/t12-/m0/s1. The van der Waals surface area contributed by atoms with Crippen molar-refractivity contribution >= 4 is 33.5 Å². The normalized spacial score (nSPS) is 18.7. The molecule has 1 aromatic carbocycles. The molecule has 0 radical (unpaired) electrons. The maximum atomic E-state index is 12.1. The van der Waals surface area contributed by atoms with Crippen LogP contribution in [0.25, 0.3) is 0 Å². The van der Waals surface area contributed by atoms with Gasteiger partial charge in [0.2, 0.25) is 5.91 Å². The summed E-state index contributed by atoms with van der Waals surface area (Å²) in [5.74, 6) is -0.338. The molecule has 0 aromatic heterocycles. The van der Waals surface area contributed by atoms with Crippen molar-refractivity contribution in [2.75, 3.05) is 31.6 Å². The molecule has 6 heteroatoms. The molecular formula is C16H21BrN2O3. The number of anilines is 1. The molecule has 1 amide bonds. The Kier molecular flexibility index (Phi) is 6.39. The van der Waals surface area contributed by atoms with Gasteiger partial charge in [0.1, 0.15) is 0 Å². The summed E-state index contributed by atoms with van der Waals surface area (Å²) in [5.41, 5.74) is 0.762. The van der Waals surface area contributed by atoms with Gasteiger partial charge in [0.05, 0.1) is 19.1 Å². The van der Waals surface area contributed by atoms with Crippen molar-refractivity contribution in [1.82, 2.24) is 4.90 Å². The number of nitrogens with zero attached hydrogens (tertiary/aromatic N) is 1. The zero-order chi connectivity index (χ0) is 15.9. The van der Waals surface area contributed by atoms with Crippen molar-refractivity contribution in [3.05, 3.63) is 28.7 Å². The van der Waals surface area contributed by atoms with Gasteiger partial charge in [-0.25, -0.2) is 0 Å². The monoisotopic (exact) mass is 368 g/mol. The minimum Gasteiger partial charge on any atom is -0.466 e. The van der Waals surface area contributed by atoms with Crippen molar-refractivity contribution in [2.24, 2.45) is 5.92 Å². The van der Waals surface area contributed by atoms with Crippen molar-refractivity contribution < 1.29 is 14.3 Å². The van der Waals surface area contributed by atoms with Gasteiger partial charge >= 0.3 is 5.97 Å². The van der Waals surface area contributed by atoms with Gasteiger partial charge in [-0.3, -0.25) is 14.5 Å². The van der Waals surface area contributed by atoms with Crippen LogP contribution in [0.3, 0.4) is 0 Å². The molecule has 1 aliphatic heterocycles. The maximum Gasteiger partial charge on any atom is 0.310 e. The highest BCUT2D eigenvalue weighted by atomic mass is 79.9. The number of hydrogen-bond acceptors (Lipinski definition) is 4. The lowest BCUT2D eigenvalue weighted by atomic mass is 9.98. The molecule has 5 nitrogen and oxygen atoms in total. The largest absolute Gasteiger partial charge is 0.466 e. The lowest BCUT2D eigenvalue weighted by Gasteiger charge is -2.30. The first kappa shape index (κ1) is 17.0. The summed E-state index contributed by atoms with van der Waals surface area (Å²) in [4.78, 5) is 25.9. The minimum absolute atomic E-state index is 0.0670. The number of carbonyl (C=O) groups is 2. The van der Waals surface area contributed by atoms with E-state index in [9.17, 15) is 9.59 Å². The Labute approximate surface area is 139 Å². The van der Waals surface area contributed by atoms with E-state index in [0.717, 1.165) is 29.5 Å². The van der Waals surface area contributed by atoms with Gasteiger partial charge in [-0.15, -0.1) is 0 Å². The zero-order valence-electron chi connectivity index (χ0n) is 12.7. The van der Waals surface area contributed by atoms with Crippen molar-refractivity contribution in [3.8, 4) is 0 Å². The predicted octanol–water partition coefficient (Wildman–Crippen LogP) is 2.66. The quantitative estimate of drug-likeness (QED) is 0.811. The molecule has 1 atom stereocenters. The number of hydrogen-bond donors (Lipinski definition) is 1. The van der Waals surface area contributed by atoms with E-state index < -0.39 is 0 Å². The number of piperidine rings is 1. The summed E-state index contributed by atoms with van der Waals surface area (Å²) in [5, 5.41) is 2.87. The number of esters is 1. The van der Waals surface area contributed by atoms with Crippen LogP contribution in [0.4, 0.5) is 5.69 Å². The number of rotatable bonds is 5. The summed E-state index contributed by atoms with van der Waals surface area (Å²) >= 11 is 3.38. The van der Waals surface area contributed by atoms with Crippen LogP contribution in [-0.4, -0.2) is 43.0 Å². The molecule has 0 unspecified atom stereocenters. The number of benzene rings is 1. The molecule has 1 aromatic rings. The highest BCUT2D eigenvalue weighted by Gasteiger charge is 2.27. The summed E-state index contributed by atoms with van der Waals surface area (Å²) in [7, 11) is 0. The van der Waals surface area contributed by atoms with Gasteiger partial charge in [-0.1, -0.05) is 22.0 Å². The molecule has 22 heavy (non-hydrogen) atoms. The van der Waals surface area contributed by atoms with Crippen molar-refractivity contribution in [1.29, 1.82) is 0 Å². The average molecular weight is 369 g/mol.